The number of rotatable bonds is 4. The zero-order valence-corrected chi connectivity index (χ0v) is 11.7. The van der Waals surface area contributed by atoms with Gasteiger partial charge in [-0.05, 0) is 24.6 Å². The number of aliphatic hydroxyl groups excluding tert-OH is 1. The number of nitrogens with zero attached hydrogens (tertiary/aromatic N) is 2. The first-order valence-electron chi connectivity index (χ1n) is 5.92. The second-order valence-electron chi connectivity index (χ2n) is 4.56. The average molecular weight is 262 g/mol. The van der Waals surface area contributed by atoms with Crippen LogP contribution in [0.1, 0.15) is 22.4 Å². The van der Waals surface area contributed by atoms with Gasteiger partial charge in [-0.2, -0.15) is 0 Å². The Labute approximate surface area is 112 Å². The van der Waals surface area contributed by atoms with E-state index in [0.29, 0.717) is 6.42 Å². The van der Waals surface area contributed by atoms with Crippen LogP contribution in [0.5, 0.6) is 0 Å². The van der Waals surface area contributed by atoms with Crippen molar-refractivity contribution in [2.24, 2.45) is 0 Å². The lowest BCUT2D eigenvalue weighted by Gasteiger charge is -2.14. The largest absolute Gasteiger partial charge is 0.388 e. The van der Waals surface area contributed by atoms with Crippen LogP contribution in [0.4, 0.5) is 5.69 Å². The molecule has 0 amide bonds. The monoisotopic (exact) mass is 262 g/mol. The summed E-state index contributed by atoms with van der Waals surface area (Å²) in [6.45, 7) is 1.98. The molecule has 1 heterocycles. The van der Waals surface area contributed by atoms with E-state index in [4.69, 9.17) is 0 Å². The van der Waals surface area contributed by atoms with Gasteiger partial charge in [0.05, 0.1) is 16.8 Å². The molecule has 1 atom stereocenters. The van der Waals surface area contributed by atoms with E-state index in [1.807, 2.05) is 55.6 Å². The molecule has 4 heteroatoms. The lowest BCUT2D eigenvalue weighted by Crippen LogP contribution is -2.09. The summed E-state index contributed by atoms with van der Waals surface area (Å²) in [5.74, 6) is 0. The zero-order valence-electron chi connectivity index (χ0n) is 10.9. The number of aromatic nitrogens is 1. The van der Waals surface area contributed by atoms with Crippen LogP contribution in [0.3, 0.4) is 0 Å². The second-order valence-corrected chi connectivity index (χ2v) is 5.63. The van der Waals surface area contributed by atoms with Crippen molar-refractivity contribution in [2.75, 3.05) is 19.0 Å². The molecular weight excluding hydrogens is 244 g/mol. The highest BCUT2D eigenvalue weighted by Gasteiger charge is 2.10. The van der Waals surface area contributed by atoms with Gasteiger partial charge in [0.1, 0.15) is 0 Å². The van der Waals surface area contributed by atoms with Crippen LogP contribution in [-0.4, -0.2) is 24.2 Å². The number of hydrogen-bond acceptors (Lipinski definition) is 4. The van der Waals surface area contributed by atoms with E-state index in [1.54, 1.807) is 11.3 Å². The van der Waals surface area contributed by atoms with Gasteiger partial charge in [-0.3, -0.25) is 0 Å². The molecule has 1 N–H and O–H groups in total. The lowest BCUT2D eigenvalue weighted by atomic mass is 10.0. The van der Waals surface area contributed by atoms with Gasteiger partial charge in [0.15, 0.2) is 0 Å². The highest BCUT2D eigenvalue weighted by atomic mass is 32.1. The van der Waals surface area contributed by atoms with E-state index in [-0.39, 0.29) is 0 Å². The quantitative estimate of drug-likeness (QED) is 0.920. The number of aliphatic hydroxyl groups is 1. The summed E-state index contributed by atoms with van der Waals surface area (Å²) in [5, 5.41) is 13.2. The number of anilines is 1. The van der Waals surface area contributed by atoms with Gasteiger partial charge in [0.2, 0.25) is 0 Å². The molecule has 96 valence electrons. The maximum absolute atomic E-state index is 10.2. The first kappa shape index (κ1) is 13.1. The maximum atomic E-state index is 10.2. The predicted molar refractivity (Wildman–Crippen MR) is 76.3 cm³/mol. The Balaban J connectivity index is 2.06. The number of thiazole rings is 1. The zero-order chi connectivity index (χ0) is 13.1. The van der Waals surface area contributed by atoms with Crippen molar-refractivity contribution in [1.82, 2.24) is 4.98 Å². The Hall–Kier alpha value is -1.39. The molecule has 0 aliphatic heterocycles. The first-order chi connectivity index (χ1) is 8.56. The van der Waals surface area contributed by atoms with Gasteiger partial charge in [0, 0.05) is 31.6 Å². The van der Waals surface area contributed by atoms with Crippen LogP contribution in [0.25, 0.3) is 0 Å². The molecule has 0 bridgehead atoms. The van der Waals surface area contributed by atoms with E-state index >= 15 is 0 Å². The molecule has 0 saturated heterocycles. The minimum atomic E-state index is -0.484. The van der Waals surface area contributed by atoms with Crippen LogP contribution >= 0.6 is 11.3 Å². The number of benzene rings is 1. The summed E-state index contributed by atoms with van der Waals surface area (Å²) in [6.07, 6.45) is 0.0915. The molecule has 2 rings (SSSR count). The average Bonchev–Trinajstić information content (AvgIpc) is 2.75. The Morgan fingerprint density at radius 1 is 1.28 bits per heavy atom. The van der Waals surface area contributed by atoms with E-state index < -0.39 is 6.10 Å². The normalized spacial score (nSPS) is 12.4. The maximum Gasteiger partial charge on any atom is 0.0897 e. The second kappa shape index (κ2) is 5.50. The van der Waals surface area contributed by atoms with Crippen LogP contribution < -0.4 is 4.90 Å². The van der Waals surface area contributed by atoms with Crippen molar-refractivity contribution in [2.45, 2.75) is 19.4 Å². The summed E-state index contributed by atoms with van der Waals surface area (Å²) >= 11 is 1.62. The third kappa shape index (κ3) is 3.09. The third-order valence-electron chi connectivity index (χ3n) is 2.86. The van der Waals surface area contributed by atoms with E-state index in [2.05, 4.69) is 4.98 Å². The van der Waals surface area contributed by atoms with E-state index in [9.17, 15) is 5.11 Å². The summed E-state index contributed by atoms with van der Waals surface area (Å²) in [4.78, 5) is 6.41. The summed E-state index contributed by atoms with van der Waals surface area (Å²) in [5.41, 5.74) is 3.03. The smallest absolute Gasteiger partial charge is 0.0897 e. The minimum absolute atomic E-state index is 0.484. The van der Waals surface area contributed by atoms with Gasteiger partial charge in [-0.15, -0.1) is 11.3 Å². The fourth-order valence-electron chi connectivity index (χ4n) is 1.81. The van der Waals surface area contributed by atoms with Crippen LogP contribution in [0, 0.1) is 6.92 Å². The number of aryl methyl sites for hydroxylation is 1. The standard InChI is InChI=1S/C14H18N2OS/c1-10-15-12(9-18-10)8-14(17)11-4-6-13(7-5-11)16(2)3/h4-7,9,14,17H,8H2,1-3H3. The van der Waals surface area contributed by atoms with Crippen molar-refractivity contribution in [3.63, 3.8) is 0 Å². The lowest BCUT2D eigenvalue weighted by molar-refractivity contribution is 0.177. The molecule has 1 aromatic carbocycles. The van der Waals surface area contributed by atoms with Crippen molar-refractivity contribution in [3.05, 3.63) is 45.9 Å². The van der Waals surface area contributed by atoms with Crippen LogP contribution in [-0.2, 0) is 6.42 Å². The van der Waals surface area contributed by atoms with E-state index in [1.165, 1.54) is 0 Å². The Bertz CT molecular complexity index is 505. The summed E-state index contributed by atoms with van der Waals surface area (Å²) in [6, 6.07) is 7.98. The SMILES string of the molecule is Cc1nc(CC(O)c2ccc(N(C)C)cc2)cs1. The van der Waals surface area contributed by atoms with Crippen molar-refractivity contribution in [1.29, 1.82) is 0 Å². The molecule has 3 nitrogen and oxygen atoms in total. The topological polar surface area (TPSA) is 36.4 Å². The minimum Gasteiger partial charge on any atom is -0.388 e. The molecule has 0 aliphatic rings. The molecule has 0 saturated carbocycles. The van der Waals surface area contributed by atoms with Gasteiger partial charge < -0.3 is 10.0 Å². The molecule has 2 aromatic rings. The molecule has 0 fully saturated rings. The van der Waals surface area contributed by atoms with Crippen LogP contribution in [0.15, 0.2) is 29.6 Å². The van der Waals surface area contributed by atoms with Crippen molar-refractivity contribution >= 4 is 17.0 Å². The highest BCUT2D eigenvalue weighted by molar-refractivity contribution is 7.09. The fourth-order valence-corrected chi connectivity index (χ4v) is 2.44. The van der Waals surface area contributed by atoms with Crippen molar-refractivity contribution in [3.8, 4) is 0 Å². The van der Waals surface area contributed by atoms with Gasteiger partial charge in [-0.25, -0.2) is 4.98 Å². The predicted octanol–water partition coefficient (Wildman–Crippen LogP) is 2.79. The molecular formula is C14H18N2OS. The van der Waals surface area contributed by atoms with Gasteiger partial charge in [-0.1, -0.05) is 12.1 Å². The first-order valence-corrected chi connectivity index (χ1v) is 6.80. The highest BCUT2D eigenvalue weighted by Crippen LogP contribution is 2.21. The van der Waals surface area contributed by atoms with Crippen LogP contribution in [0.2, 0.25) is 0 Å². The Kier molecular flexibility index (Phi) is 3.99. The number of hydrogen-bond donors (Lipinski definition) is 1. The molecule has 18 heavy (non-hydrogen) atoms. The third-order valence-corrected chi connectivity index (χ3v) is 3.69. The fraction of sp³-hybridized carbons (Fsp3) is 0.357. The molecule has 0 radical (unpaired) electrons. The summed E-state index contributed by atoms with van der Waals surface area (Å²) < 4.78 is 0. The molecule has 0 spiro atoms. The summed E-state index contributed by atoms with van der Waals surface area (Å²) in [7, 11) is 4.01. The Morgan fingerprint density at radius 3 is 2.44 bits per heavy atom. The van der Waals surface area contributed by atoms with Gasteiger partial charge in [0.25, 0.3) is 0 Å². The van der Waals surface area contributed by atoms with E-state index in [0.717, 1.165) is 22.0 Å². The molecule has 0 aliphatic carbocycles. The Morgan fingerprint density at radius 2 is 1.94 bits per heavy atom. The molecule has 1 unspecified atom stereocenters. The van der Waals surface area contributed by atoms with Crippen molar-refractivity contribution < 1.29 is 5.11 Å². The molecule has 1 aromatic heterocycles. The van der Waals surface area contributed by atoms with Gasteiger partial charge >= 0.3 is 0 Å².